The summed E-state index contributed by atoms with van der Waals surface area (Å²) in [4.78, 5) is 44.9. The summed E-state index contributed by atoms with van der Waals surface area (Å²) in [7, 11) is 0. The quantitative estimate of drug-likeness (QED) is 0.130. The van der Waals surface area contributed by atoms with Gasteiger partial charge in [-0.05, 0) is 56.6 Å². The van der Waals surface area contributed by atoms with Gasteiger partial charge in [-0.2, -0.15) is 5.26 Å². The van der Waals surface area contributed by atoms with Gasteiger partial charge in [-0.3, -0.25) is 19.5 Å². The minimum absolute atomic E-state index is 0. The molecule has 0 saturated carbocycles. The van der Waals surface area contributed by atoms with Crippen molar-refractivity contribution in [2.75, 3.05) is 63.4 Å². The third-order valence-corrected chi connectivity index (χ3v) is 9.03. The van der Waals surface area contributed by atoms with Gasteiger partial charge < -0.3 is 20.9 Å². The van der Waals surface area contributed by atoms with Crippen LogP contribution in [0.15, 0.2) is 47.6 Å². The van der Waals surface area contributed by atoms with E-state index >= 15 is 0 Å². The lowest BCUT2D eigenvalue weighted by atomic mass is 10.1. The molecule has 1 aliphatic rings. The zero-order valence-electron chi connectivity index (χ0n) is 27.6. The number of carbonyl (C=O) groups is 2. The fourth-order valence-electron chi connectivity index (χ4n) is 5.43. The van der Waals surface area contributed by atoms with E-state index in [-0.39, 0.29) is 35.6 Å². The molecule has 0 spiro atoms. The lowest BCUT2D eigenvalue weighted by Crippen LogP contribution is -2.50. The molecule has 4 rings (SSSR count). The Hall–Kier alpha value is -3.76. The number of piperazine rings is 1. The van der Waals surface area contributed by atoms with Crippen LogP contribution in [0.25, 0.3) is 11.3 Å². The van der Waals surface area contributed by atoms with Gasteiger partial charge in [-0.25, -0.2) is 9.97 Å². The number of amides is 2. The van der Waals surface area contributed by atoms with Crippen molar-refractivity contribution < 1.29 is 9.59 Å². The smallest absolute Gasteiger partial charge is 0.222 e. The number of nitrogen functional groups attached to an aromatic ring is 1. The van der Waals surface area contributed by atoms with E-state index in [1.165, 1.54) is 18.7 Å². The summed E-state index contributed by atoms with van der Waals surface area (Å²) in [6.07, 6.45) is 3.13. The van der Waals surface area contributed by atoms with Crippen LogP contribution in [0.2, 0.25) is 0 Å². The van der Waals surface area contributed by atoms with E-state index in [0.29, 0.717) is 34.3 Å². The van der Waals surface area contributed by atoms with Gasteiger partial charge in [0.1, 0.15) is 17.5 Å². The number of nitriles is 1. The molecule has 252 valence electrons. The molecule has 47 heavy (non-hydrogen) atoms. The molecular formula is C34H46ClN9O2S. The molecule has 3 N–H and O–H groups in total. The highest BCUT2D eigenvalue weighted by atomic mass is 35.5. The summed E-state index contributed by atoms with van der Waals surface area (Å²) < 4.78 is 0. The highest BCUT2D eigenvalue weighted by Gasteiger charge is 2.21. The van der Waals surface area contributed by atoms with Crippen LogP contribution >= 0.6 is 24.2 Å². The van der Waals surface area contributed by atoms with Crippen LogP contribution in [-0.4, -0.2) is 93.8 Å². The molecule has 1 fully saturated rings. The predicted octanol–water partition coefficient (Wildman–Crippen LogP) is 4.86. The van der Waals surface area contributed by atoms with E-state index < -0.39 is 0 Å². The molecule has 3 aromatic rings. The Morgan fingerprint density at radius 1 is 1.00 bits per heavy atom. The molecular weight excluding hydrogens is 634 g/mol. The van der Waals surface area contributed by atoms with Crippen molar-refractivity contribution in [3.05, 3.63) is 59.4 Å². The predicted molar refractivity (Wildman–Crippen MR) is 190 cm³/mol. The van der Waals surface area contributed by atoms with Crippen molar-refractivity contribution in [1.29, 1.82) is 5.26 Å². The lowest BCUT2D eigenvalue weighted by Gasteiger charge is -2.35. The highest BCUT2D eigenvalue weighted by Crippen LogP contribution is 2.29. The summed E-state index contributed by atoms with van der Waals surface area (Å²) in [5, 5.41) is 12.9. The number of unbranched alkanes of at least 4 members (excludes halogenated alkanes) is 1. The summed E-state index contributed by atoms with van der Waals surface area (Å²) in [6, 6.07) is 15.2. The first-order chi connectivity index (χ1) is 22.3. The molecule has 0 unspecified atom stereocenters. The second-order valence-corrected chi connectivity index (χ2v) is 12.3. The minimum atomic E-state index is -0.162. The zero-order valence-corrected chi connectivity index (χ0v) is 29.2. The summed E-state index contributed by atoms with van der Waals surface area (Å²) in [5.74, 6) is 0.754. The van der Waals surface area contributed by atoms with Gasteiger partial charge in [0.25, 0.3) is 0 Å². The van der Waals surface area contributed by atoms with Gasteiger partial charge in [-0.15, -0.1) is 12.4 Å². The molecule has 3 heterocycles. The number of nitrogens with one attached hydrogen (secondary N) is 1. The second-order valence-electron chi connectivity index (χ2n) is 11.4. The number of anilines is 2. The molecule has 13 heteroatoms. The number of aromatic nitrogens is 3. The number of rotatable bonds is 15. The topological polar surface area (TPSA) is 144 Å². The van der Waals surface area contributed by atoms with Crippen molar-refractivity contribution >= 4 is 47.5 Å². The number of halogens is 1. The molecule has 1 aliphatic heterocycles. The number of thioether (sulfide) groups is 1. The Bertz CT molecular complexity index is 1500. The number of pyridine rings is 1. The van der Waals surface area contributed by atoms with Gasteiger partial charge in [0.05, 0.1) is 11.4 Å². The van der Waals surface area contributed by atoms with Crippen molar-refractivity contribution in [2.45, 2.75) is 57.4 Å². The van der Waals surface area contributed by atoms with Gasteiger partial charge in [-0.1, -0.05) is 43.8 Å². The first kappa shape index (κ1) is 37.7. The Morgan fingerprint density at radius 2 is 1.70 bits per heavy atom. The molecule has 0 aliphatic carbocycles. The van der Waals surface area contributed by atoms with Crippen molar-refractivity contribution in [1.82, 2.24) is 29.7 Å². The summed E-state index contributed by atoms with van der Waals surface area (Å²) in [5.41, 5.74) is 10.0. The van der Waals surface area contributed by atoms with Gasteiger partial charge in [0.2, 0.25) is 11.8 Å². The van der Waals surface area contributed by atoms with Gasteiger partial charge >= 0.3 is 0 Å². The van der Waals surface area contributed by atoms with E-state index in [1.54, 1.807) is 24.3 Å². The molecule has 0 radical (unpaired) electrons. The van der Waals surface area contributed by atoms with Crippen molar-refractivity contribution in [3.63, 3.8) is 0 Å². The maximum atomic E-state index is 12.8. The normalized spacial score (nSPS) is 13.2. The fourth-order valence-corrected chi connectivity index (χ4v) is 6.18. The van der Waals surface area contributed by atoms with E-state index in [9.17, 15) is 14.9 Å². The molecule has 2 aromatic heterocycles. The first-order valence-corrected chi connectivity index (χ1v) is 17.0. The van der Waals surface area contributed by atoms with Crippen LogP contribution in [-0.2, 0) is 21.8 Å². The number of likely N-dealkylation sites (N-methyl/N-ethyl adjacent to an activating group) is 1. The average Bonchev–Trinajstić information content (AvgIpc) is 3.06. The van der Waals surface area contributed by atoms with Crippen molar-refractivity contribution in [2.24, 2.45) is 0 Å². The zero-order chi connectivity index (χ0) is 32.9. The number of hydrogen-bond acceptors (Lipinski definition) is 10. The number of nitrogens with zero attached hydrogens (tertiary/aromatic N) is 7. The first-order valence-electron chi connectivity index (χ1n) is 16.0. The SMILES string of the molecule is CCN(CC)CCN1CCN(C(=O)CCCCc2cccc(CSc3nc(N)c(C#N)c(-c4ccc(NC(C)=O)cc4)n3)n2)CC1.Cl. The largest absolute Gasteiger partial charge is 0.382 e. The Kier molecular flexibility index (Phi) is 15.4. The van der Waals surface area contributed by atoms with Crippen LogP contribution in [0.3, 0.4) is 0 Å². The summed E-state index contributed by atoms with van der Waals surface area (Å²) in [6.45, 7) is 13.7. The van der Waals surface area contributed by atoms with E-state index in [0.717, 1.165) is 83.0 Å². The number of benzene rings is 1. The number of nitrogens with two attached hydrogens (primary N) is 1. The van der Waals surface area contributed by atoms with Gasteiger partial charge in [0, 0.05) is 75.3 Å². The Morgan fingerprint density at radius 3 is 2.36 bits per heavy atom. The lowest BCUT2D eigenvalue weighted by molar-refractivity contribution is -0.133. The number of aryl methyl sites for hydroxylation is 1. The van der Waals surface area contributed by atoms with Crippen LogP contribution in [0.4, 0.5) is 11.5 Å². The Labute approximate surface area is 288 Å². The average molecular weight is 680 g/mol. The molecule has 2 amide bonds. The van der Waals surface area contributed by atoms with Crippen LogP contribution in [0.1, 0.15) is 57.0 Å². The maximum Gasteiger partial charge on any atom is 0.222 e. The molecule has 0 bridgehead atoms. The van der Waals surface area contributed by atoms with Gasteiger partial charge in [0.15, 0.2) is 5.16 Å². The monoisotopic (exact) mass is 679 g/mol. The molecule has 11 nitrogen and oxygen atoms in total. The van der Waals surface area contributed by atoms with Crippen LogP contribution in [0.5, 0.6) is 0 Å². The third-order valence-electron chi connectivity index (χ3n) is 8.15. The Balaban J connectivity index is 0.00000600. The van der Waals surface area contributed by atoms with E-state index in [1.807, 2.05) is 23.1 Å². The maximum absolute atomic E-state index is 12.8. The fraction of sp³-hybridized carbons (Fsp3) is 0.471. The van der Waals surface area contributed by atoms with Crippen LogP contribution in [0, 0.1) is 11.3 Å². The standard InChI is InChI=1S/C34H45N9O2S.ClH/c1-4-41(5-2)17-18-42-19-21-43(22-20-42)31(45)12-7-6-9-27-10-8-11-29(38-27)24-46-34-39-32(30(23-35)33(36)40-34)26-13-15-28(16-14-26)37-25(3)44;/h8,10-11,13-16H,4-7,9,12,17-22,24H2,1-3H3,(H,37,44)(H2,36,39,40);1H. The number of hydrogen-bond donors (Lipinski definition) is 2. The molecule has 0 atom stereocenters. The number of carbonyl (C=O) groups excluding carboxylic acids is 2. The van der Waals surface area contributed by atoms with E-state index in [2.05, 4.69) is 45.0 Å². The molecule has 1 saturated heterocycles. The van der Waals surface area contributed by atoms with Crippen LogP contribution < -0.4 is 11.1 Å². The summed E-state index contributed by atoms with van der Waals surface area (Å²) >= 11 is 1.40. The molecule has 1 aromatic carbocycles. The minimum Gasteiger partial charge on any atom is -0.382 e. The third kappa shape index (κ3) is 11.5. The second kappa shape index (κ2) is 19.2. The van der Waals surface area contributed by atoms with E-state index in [4.69, 9.17) is 10.7 Å². The van der Waals surface area contributed by atoms with Crippen molar-refractivity contribution in [3.8, 4) is 17.3 Å². The highest BCUT2D eigenvalue weighted by molar-refractivity contribution is 7.98.